The van der Waals surface area contributed by atoms with Crippen molar-refractivity contribution in [2.24, 2.45) is 0 Å². The first-order valence-corrected chi connectivity index (χ1v) is 6.66. The van der Waals surface area contributed by atoms with Crippen molar-refractivity contribution in [2.45, 2.75) is 19.5 Å². The molecule has 1 heterocycles. The Morgan fingerprint density at radius 1 is 1.43 bits per heavy atom. The first kappa shape index (κ1) is 17.8. The second kappa shape index (κ2) is 8.26. The van der Waals surface area contributed by atoms with Crippen LogP contribution in [0, 0.1) is 11.6 Å². The molecule has 0 aliphatic carbocycles. The summed E-state index contributed by atoms with van der Waals surface area (Å²) in [6.45, 7) is 3.53. The summed E-state index contributed by atoms with van der Waals surface area (Å²) < 4.78 is 32.5. The summed E-state index contributed by atoms with van der Waals surface area (Å²) in [6.07, 6.45) is 0. The number of hydrogen-bond acceptors (Lipinski definition) is 3. The summed E-state index contributed by atoms with van der Waals surface area (Å²) >= 11 is 0. The molecular formula is C14H19ClF2N2O2. The third-order valence-electron chi connectivity index (χ3n) is 3.32. The number of amides is 1. The third-order valence-corrected chi connectivity index (χ3v) is 3.32. The number of morpholine rings is 1. The number of likely N-dealkylation sites (N-methyl/N-ethyl adjacent to an activating group) is 1. The molecule has 0 spiro atoms. The third kappa shape index (κ3) is 4.36. The molecular weight excluding hydrogens is 302 g/mol. The maximum absolute atomic E-state index is 13.6. The molecule has 1 N–H and O–H groups in total. The molecule has 118 valence electrons. The molecule has 1 atom stereocenters. The van der Waals surface area contributed by atoms with Crippen molar-refractivity contribution in [3.8, 4) is 0 Å². The fraction of sp³-hybridized carbons (Fsp3) is 0.500. The molecule has 0 aromatic heterocycles. The molecule has 0 bridgehead atoms. The van der Waals surface area contributed by atoms with Gasteiger partial charge in [-0.15, -0.1) is 12.4 Å². The Bertz CT molecular complexity index is 462. The number of rotatable bonds is 4. The van der Waals surface area contributed by atoms with Gasteiger partial charge in [-0.3, -0.25) is 4.79 Å². The zero-order chi connectivity index (χ0) is 14.5. The number of benzene rings is 1. The maximum atomic E-state index is 13.6. The Kier molecular flexibility index (Phi) is 7.01. The summed E-state index contributed by atoms with van der Waals surface area (Å²) in [7, 11) is 0. The summed E-state index contributed by atoms with van der Waals surface area (Å²) in [5.41, 5.74) is -0.0839. The largest absolute Gasteiger partial charge is 0.378 e. The number of carbonyl (C=O) groups excluding carboxylic acids is 1. The Morgan fingerprint density at radius 3 is 2.62 bits per heavy atom. The van der Waals surface area contributed by atoms with Crippen molar-refractivity contribution >= 4 is 18.3 Å². The second-order valence-electron chi connectivity index (χ2n) is 4.63. The molecule has 1 aliphatic rings. The van der Waals surface area contributed by atoms with Crippen LogP contribution >= 0.6 is 12.4 Å². The summed E-state index contributed by atoms with van der Waals surface area (Å²) in [5, 5.41) is 3.04. The fourth-order valence-corrected chi connectivity index (χ4v) is 2.16. The molecule has 1 aromatic rings. The van der Waals surface area contributed by atoms with E-state index in [2.05, 4.69) is 5.32 Å². The number of hydrogen-bond donors (Lipinski definition) is 1. The van der Waals surface area contributed by atoms with Crippen molar-refractivity contribution in [3.05, 3.63) is 35.4 Å². The van der Waals surface area contributed by atoms with Gasteiger partial charge in [-0.1, -0.05) is 6.07 Å². The molecule has 1 saturated heterocycles. The minimum atomic E-state index is -0.635. The minimum Gasteiger partial charge on any atom is -0.378 e. The quantitative estimate of drug-likeness (QED) is 0.918. The van der Waals surface area contributed by atoms with Crippen LogP contribution in [-0.4, -0.2) is 43.2 Å². The van der Waals surface area contributed by atoms with E-state index in [4.69, 9.17) is 4.74 Å². The molecule has 0 saturated carbocycles. The van der Waals surface area contributed by atoms with Crippen LogP contribution in [0.4, 0.5) is 8.78 Å². The van der Waals surface area contributed by atoms with E-state index in [1.165, 1.54) is 23.1 Å². The second-order valence-corrected chi connectivity index (χ2v) is 4.63. The number of nitrogens with one attached hydrogen (secondary N) is 1. The van der Waals surface area contributed by atoms with E-state index in [9.17, 15) is 13.6 Å². The summed E-state index contributed by atoms with van der Waals surface area (Å²) in [5.74, 6) is -1.47. The highest BCUT2D eigenvalue weighted by atomic mass is 35.5. The molecule has 1 aliphatic heterocycles. The van der Waals surface area contributed by atoms with E-state index >= 15 is 0 Å². The molecule has 7 heteroatoms. The maximum Gasteiger partial charge on any atom is 0.242 e. The van der Waals surface area contributed by atoms with Gasteiger partial charge in [0.25, 0.3) is 0 Å². The highest BCUT2D eigenvalue weighted by Crippen LogP contribution is 2.15. The Hall–Kier alpha value is -1.24. The van der Waals surface area contributed by atoms with Gasteiger partial charge in [-0.25, -0.2) is 8.78 Å². The average Bonchev–Trinajstić information content (AvgIpc) is 2.47. The van der Waals surface area contributed by atoms with E-state index in [0.717, 1.165) is 0 Å². The van der Waals surface area contributed by atoms with Crippen molar-refractivity contribution in [3.63, 3.8) is 0 Å². The monoisotopic (exact) mass is 320 g/mol. The predicted molar refractivity (Wildman–Crippen MR) is 77.3 cm³/mol. The van der Waals surface area contributed by atoms with Crippen LogP contribution in [0.2, 0.25) is 0 Å². The molecule has 2 rings (SSSR count). The van der Waals surface area contributed by atoms with Gasteiger partial charge in [-0.05, 0) is 19.1 Å². The van der Waals surface area contributed by atoms with Crippen molar-refractivity contribution in [1.29, 1.82) is 0 Å². The van der Waals surface area contributed by atoms with E-state index in [1.54, 1.807) is 6.92 Å². The summed E-state index contributed by atoms with van der Waals surface area (Å²) in [4.78, 5) is 13.7. The van der Waals surface area contributed by atoms with Gasteiger partial charge >= 0.3 is 0 Å². The number of nitrogens with zero attached hydrogens (tertiary/aromatic N) is 1. The van der Waals surface area contributed by atoms with Crippen LogP contribution in [0.3, 0.4) is 0 Å². The molecule has 1 aromatic carbocycles. The van der Waals surface area contributed by atoms with Crippen molar-refractivity contribution in [1.82, 2.24) is 10.2 Å². The molecule has 1 unspecified atom stereocenters. The molecule has 1 fully saturated rings. The van der Waals surface area contributed by atoms with E-state index < -0.39 is 17.7 Å². The highest BCUT2D eigenvalue weighted by molar-refractivity contribution is 5.85. The molecule has 0 radical (unpaired) electrons. The molecule has 21 heavy (non-hydrogen) atoms. The lowest BCUT2D eigenvalue weighted by molar-refractivity contribution is -0.136. The van der Waals surface area contributed by atoms with Gasteiger partial charge in [0.15, 0.2) is 0 Å². The Morgan fingerprint density at radius 2 is 2.10 bits per heavy atom. The van der Waals surface area contributed by atoms with Gasteiger partial charge in [0.05, 0.1) is 19.8 Å². The fourth-order valence-electron chi connectivity index (χ4n) is 2.16. The first-order chi connectivity index (χ1) is 9.63. The Labute approximate surface area is 128 Å². The van der Waals surface area contributed by atoms with Gasteiger partial charge in [-0.2, -0.15) is 0 Å². The van der Waals surface area contributed by atoms with Crippen LogP contribution in [-0.2, 0) is 16.1 Å². The van der Waals surface area contributed by atoms with Gasteiger partial charge in [0.2, 0.25) is 5.91 Å². The molecule has 4 nitrogen and oxygen atoms in total. The topological polar surface area (TPSA) is 41.6 Å². The van der Waals surface area contributed by atoms with Crippen LogP contribution in [0.1, 0.15) is 12.5 Å². The number of carbonyl (C=O) groups is 1. The van der Waals surface area contributed by atoms with E-state index in [1.807, 2.05) is 0 Å². The lowest BCUT2D eigenvalue weighted by Crippen LogP contribution is -2.52. The standard InChI is InChI=1S/C14H18F2N2O2.ClH/c1-2-18(14(19)13-9-20-7-6-17-13)8-10-11(15)4-3-5-12(10)16;/h3-5,13,17H,2,6-9H2,1H3;1H. The summed E-state index contributed by atoms with van der Waals surface area (Å²) in [6, 6.07) is 3.25. The first-order valence-electron chi connectivity index (χ1n) is 6.66. The highest BCUT2D eigenvalue weighted by Gasteiger charge is 2.26. The zero-order valence-electron chi connectivity index (χ0n) is 11.8. The SMILES string of the molecule is CCN(Cc1c(F)cccc1F)C(=O)C1COCCN1.Cl. The van der Waals surface area contributed by atoms with Gasteiger partial charge in [0.1, 0.15) is 17.7 Å². The van der Waals surface area contributed by atoms with Crippen LogP contribution in [0.25, 0.3) is 0 Å². The smallest absolute Gasteiger partial charge is 0.242 e. The zero-order valence-corrected chi connectivity index (χ0v) is 12.6. The Balaban J connectivity index is 0.00000220. The van der Waals surface area contributed by atoms with Crippen LogP contribution < -0.4 is 5.32 Å². The average molecular weight is 321 g/mol. The van der Waals surface area contributed by atoms with Gasteiger partial charge < -0.3 is 15.0 Å². The predicted octanol–water partition coefficient (Wildman–Crippen LogP) is 1.72. The van der Waals surface area contributed by atoms with E-state index in [-0.39, 0.29) is 37.0 Å². The lowest BCUT2D eigenvalue weighted by Gasteiger charge is -2.29. The van der Waals surface area contributed by atoms with Crippen molar-refractivity contribution < 1.29 is 18.3 Å². The van der Waals surface area contributed by atoms with E-state index in [0.29, 0.717) is 19.7 Å². The number of halogens is 3. The van der Waals surface area contributed by atoms with Crippen LogP contribution in [0.5, 0.6) is 0 Å². The lowest BCUT2D eigenvalue weighted by atomic mass is 10.1. The van der Waals surface area contributed by atoms with Crippen molar-refractivity contribution in [2.75, 3.05) is 26.3 Å². The normalized spacial score (nSPS) is 18.0. The number of ether oxygens (including phenoxy) is 1. The molecule has 1 amide bonds. The minimum absolute atomic E-state index is 0. The van der Waals surface area contributed by atoms with Crippen LogP contribution in [0.15, 0.2) is 18.2 Å². The van der Waals surface area contributed by atoms with Gasteiger partial charge in [0, 0.05) is 18.7 Å².